The molecule has 1 N–H and O–H groups in total. The Balaban J connectivity index is 2.19. The molecule has 2 heterocycles. The highest BCUT2D eigenvalue weighted by Gasteiger charge is 2.28. The van der Waals surface area contributed by atoms with Crippen LogP contribution in [0.1, 0.15) is 0 Å². The van der Waals surface area contributed by atoms with Crippen molar-refractivity contribution in [2.24, 2.45) is 7.05 Å². The molecule has 0 fully saturated rings. The lowest BCUT2D eigenvalue weighted by molar-refractivity contribution is -0.383. The van der Waals surface area contributed by atoms with Crippen molar-refractivity contribution < 1.29 is 4.92 Å². The number of nitrogens with one attached hydrogen (secondary N) is 1. The van der Waals surface area contributed by atoms with E-state index in [4.69, 9.17) is 0 Å². The summed E-state index contributed by atoms with van der Waals surface area (Å²) in [5, 5.41) is 19.7. The third kappa shape index (κ3) is 1.25. The first-order valence-electron chi connectivity index (χ1n) is 6.17. The van der Waals surface area contributed by atoms with E-state index in [0.29, 0.717) is 5.69 Å². The molecule has 0 bridgehead atoms. The van der Waals surface area contributed by atoms with E-state index in [-0.39, 0.29) is 10.6 Å². The summed E-state index contributed by atoms with van der Waals surface area (Å²) in [6.45, 7) is 0. The van der Waals surface area contributed by atoms with Gasteiger partial charge < -0.3 is 5.32 Å². The van der Waals surface area contributed by atoms with Gasteiger partial charge in [0.15, 0.2) is 0 Å². The maximum Gasteiger partial charge on any atom is 0.293 e. The predicted molar refractivity (Wildman–Crippen MR) is 76.1 cm³/mol. The molecule has 0 radical (unpaired) electrons. The van der Waals surface area contributed by atoms with Crippen LogP contribution in [0, 0.1) is 10.1 Å². The Hall–Kier alpha value is -2.89. The molecule has 20 heavy (non-hydrogen) atoms. The first-order chi connectivity index (χ1) is 9.66. The van der Waals surface area contributed by atoms with Gasteiger partial charge in [-0.15, -0.1) is 0 Å². The first kappa shape index (κ1) is 11.0. The van der Waals surface area contributed by atoms with Gasteiger partial charge >= 0.3 is 0 Å². The predicted octanol–water partition coefficient (Wildman–Crippen LogP) is 3.21. The zero-order valence-corrected chi connectivity index (χ0v) is 10.6. The number of aryl methyl sites for hydroxylation is 1. The highest BCUT2D eigenvalue weighted by Crippen LogP contribution is 2.46. The second-order valence-electron chi connectivity index (χ2n) is 4.75. The van der Waals surface area contributed by atoms with Gasteiger partial charge in [0.05, 0.1) is 15.8 Å². The third-order valence-electron chi connectivity index (χ3n) is 3.64. The minimum absolute atomic E-state index is 0.0706. The molecule has 0 saturated carbocycles. The first-order valence-corrected chi connectivity index (χ1v) is 6.17. The highest BCUT2D eigenvalue weighted by atomic mass is 16.6. The number of anilines is 2. The van der Waals surface area contributed by atoms with Crippen LogP contribution in [0.15, 0.2) is 36.4 Å². The quantitative estimate of drug-likeness (QED) is 0.424. The number of hydrogen-bond donors (Lipinski definition) is 1. The largest absolute Gasteiger partial charge is 0.349 e. The minimum atomic E-state index is -0.369. The zero-order valence-electron chi connectivity index (χ0n) is 10.6. The molecule has 3 aromatic rings. The lowest BCUT2D eigenvalue weighted by Gasteiger charge is -2.17. The number of aromatic nitrogens is 2. The molecule has 0 saturated heterocycles. The molecule has 2 aromatic carbocycles. The zero-order chi connectivity index (χ0) is 13.9. The average molecular weight is 266 g/mol. The van der Waals surface area contributed by atoms with Crippen LogP contribution < -0.4 is 5.32 Å². The van der Waals surface area contributed by atoms with Crippen molar-refractivity contribution in [2.75, 3.05) is 5.32 Å². The fourth-order valence-corrected chi connectivity index (χ4v) is 2.74. The van der Waals surface area contributed by atoms with E-state index in [1.54, 1.807) is 10.7 Å². The van der Waals surface area contributed by atoms with Crippen molar-refractivity contribution in [3.05, 3.63) is 46.5 Å². The molecule has 0 aliphatic carbocycles. The maximum atomic E-state index is 11.2. The number of nitro groups is 1. The Bertz CT molecular complexity index is 882. The van der Waals surface area contributed by atoms with Gasteiger partial charge in [-0.05, 0) is 12.1 Å². The Kier molecular flexibility index (Phi) is 1.96. The van der Waals surface area contributed by atoms with Crippen molar-refractivity contribution in [1.29, 1.82) is 0 Å². The van der Waals surface area contributed by atoms with Gasteiger partial charge in [-0.2, -0.15) is 5.10 Å². The van der Waals surface area contributed by atoms with Crippen molar-refractivity contribution in [1.82, 2.24) is 9.78 Å². The molecular formula is C14H10N4O2. The van der Waals surface area contributed by atoms with E-state index in [1.807, 2.05) is 31.3 Å². The van der Waals surface area contributed by atoms with Crippen LogP contribution >= 0.6 is 0 Å². The Morgan fingerprint density at radius 3 is 2.85 bits per heavy atom. The number of fused-ring (bicyclic) bond motifs is 2. The van der Waals surface area contributed by atoms with E-state index in [1.165, 1.54) is 6.07 Å². The van der Waals surface area contributed by atoms with E-state index in [0.717, 1.165) is 27.8 Å². The Morgan fingerprint density at radius 2 is 2.05 bits per heavy atom. The smallest absolute Gasteiger partial charge is 0.293 e. The topological polar surface area (TPSA) is 73.0 Å². The minimum Gasteiger partial charge on any atom is -0.349 e. The summed E-state index contributed by atoms with van der Waals surface area (Å²) in [5.41, 5.74) is 4.06. The van der Waals surface area contributed by atoms with Crippen LogP contribution in [0.25, 0.3) is 22.2 Å². The molecule has 4 rings (SSSR count). The standard InChI is InChI=1S/C14H10N4O2/c1-17-10-6-7-11(18(19)20)14-12(10)13(16-17)8-4-2-3-5-9(8)15-14/h2-7,15H,1H3. The fourth-order valence-electron chi connectivity index (χ4n) is 2.74. The molecular weight excluding hydrogens is 256 g/mol. The van der Waals surface area contributed by atoms with Crippen molar-refractivity contribution in [3.8, 4) is 11.3 Å². The van der Waals surface area contributed by atoms with Crippen LogP contribution in [0.2, 0.25) is 0 Å². The lowest BCUT2D eigenvalue weighted by Crippen LogP contribution is -2.03. The number of hydrogen-bond acceptors (Lipinski definition) is 4. The molecule has 1 aliphatic rings. The van der Waals surface area contributed by atoms with Gasteiger partial charge in [-0.1, -0.05) is 18.2 Å². The molecule has 0 spiro atoms. The summed E-state index contributed by atoms with van der Waals surface area (Å²) >= 11 is 0. The summed E-state index contributed by atoms with van der Waals surface area (Å²) in [6, 6.07) is 10.9. The molecule has 6 heteroatoms. The Morgan fingerprint density at radius 1 is 1.25 bits per heavy atom. The summed E-state index contributed by atoms with van der Waals surface area (Å²) in [7, 11) is 1.84. The third-order valence-corrected chi connectivity index (χ3v) is 3.64. The van der Waals surface area contributed by atoms with E-state index in [9.17, 15) is 10.1 Å². The van der Waals surface area contributed by atoms with Crippen molar-refractivity contribution >= 4 is 28.0 Å². The van der Waals surface area contributed by atoms with Gasteiger partial charge in [-0.25, -0.2) is 0 Å². The van der Waals surface area contributed by atoms with E-state index >= 15 is 0 Å². The van der Waals surface area contributed by atoms with Crippen LogP contribution in [0.4, 0.5) is 17.1 Å². The second-order valence-corrected chi connectivity index (χ2v) is 4.75. The molecule has 0 amide bonds. The SMILES string of the molecule is Cn1nc2c3c(c([N+](=O)[O-])ccc31)Nc1ccccc1-2. The van der Waals surface area contributed by atoms with Crippen LogP contribution in [0.3, 0.4) is 0 Å². The summed E-state index contributed by atoms with van der Waals surface area (Å²) in [6.07, 6.45) is 0. The maximum absolute atomic E-state index is 11.2. The normalized spacial score (nSPS) is 12.1. The Labute approximate surface area is 113 Å². The van der Waals surface area contributed by atoms with Gasteiger partial charge in [0.2, 0.25) is 0 Å². The van der Waals surface area contributed by atoms with Crippen LogP contribution in [0.5, 0.6) is 0 Å². The fraction of sp³-hybridized carbons (Fsp3) is 0.0714. The van der Waals surface area contributed by atoms with E-state index < -0.39 is 0 Å². The molecule has 1 aliphatic heterocycles. The molecule has 0 atom stereocenters. The van der Waals surface area contributed by atoms with Crippen molar-refractivity contribution in [2.45, 2.75) is 0 Å². The molecule has 1 aromatic heterocycles. The summed E-state index contributed by atoms with van der Waals surface area (Å²) in [5.74, 6) is 0. The number of nitro benzene ring substituents is 1. The monoisotopic (exact) mass is 266 g/mol. The number of para-hydroxylation sites is 1. The number of nitrogens with zero attached hydrogens (tertiary/aromatic N) is 3. The number of benzene rings is 2. The molecule has 0 unspecified atom stereocenters. The van der Waals surface area contributed by atoms with E-state index in [2.05, 4.69) is 10.4 Å². The molecule has 98 valence electrons. The summed E-state index contributed by atoms with van der Waals surface area (Å²) < 4.78 is 1.75. The van der Waals surface area contributed by atoms with Crippen LogP contribution in [-0.2, 0) is 7.05 Å². The highest BCUT2D eigenvalue weighted by molar-refractivity contribution is 6.11. The second kappa shape index (κ2) is 3.57. The van der Waals surface area contributed by atoms with Gasteiger partial charge in [0, 0.05) is 24.4 Å². The van der Waals surface area contributed by atoms with Crippen molar-refractivity contribution in [3.63, 3.8) is 0 Å². The van der Waals surface area contributed by atoms with Gasteiger partial charge in [0.25, 0.3) is 5.69 Å². The summed E-state index contributed by atoms with van der Waals surface area (Å²) in [4.78, 5) is 10.8. The van der Waals surface area contributed by atoms with Gasteiger partial charge in [-0.3, -0.25) is 14.8 Å². The average Bonchev–Trinajstić information content (AvgIpc) is 2.78. The molecule has 6 nitrogen and oxygen atoms in total. The lowest BCUT2D eigenvalue weighted by atomic mass is 9.99. The van der Waals surface area contributed by atoms with Crippen LogP contribution in [-0.4, -0.2) is 14.7 Å². The van der Waals surface area contributed by atoms with Gasteiger partial charge in [0.1, 0.15) is 11.4 Å². The number of rotatable bonds is 1.